The molecule has 3 aromatic carbocycles. The summed E-state index contributed by atoms with van der Waals surface area (Å²) in [5, 5.41) is 19.3. The number of nitrogens with two attached hydrogens (primary N) is 1. The van der Waals surface area contributed by atoms with Crippen LogP contribution in [0.2, 0.25) is 5.02 Å². The zero-order valence-corrected chi connectivity index (χ0v) is 44.3. The monoisotopic (exact) mass is 1040 g/mol. The van der Waals surface area contributed by atoms with Crippen molar-refractivity contribution in [1.82, 2.24) is 29.7 Å². The Bertz CT molecular complexity index is 2980. The number of thiazole rings is 1. The Kier molecular flexibility index (Phi) is 14.9. The number of aromatic nitrogens is 3. The number of aliphatic hydroxyl groups is 1. The molecule has 0 bridgehead atoms. The molecule has 14 nitrogen and oxygen atoms in total. The molecule has 0 radical (unpaired) electrons. The molecule has 16 heteroatoms. The number of amides is 2. The number of benzene rings is 3. The average molecular weight is 1040 g/mol. The minimum Gasteiger partial charge on any atom is -0.391 e. The molecule has 2 saturated carbocycles. The van der Waals surface area contributed by atoms with Crippen molar-refractivity contribution in [2.75, 3.05) is 39.4 Å². The number of carbonyl (C=O) groups is 2. The van der Waals surface area contributed by atoms with E-state index < -0.39 is 18.2 Å². The molecule has 3 saturated heterocycles. The summed E-state index contributed by atoms with van der Waals surface area (Å²) in [5.41, 5.74) is 9.78. The van der Waals surface area contributed by atoms with Crippen molar-refractivity contribution < 1.29 is 19.4 Å². The van der Waals surface area contributed by atoms with Gasteiger partial charge >= 0.3 is 0 Å². The smallest absolute Gasteiger partial charge is 0.282 e. The van der Waals surface area contributed by atoms with Gasteiger partial charge in [-0.05, 0) is 149 Å². The van der Waals surface area contributed by atoms with Crippen molar-refractivity contribution in [2.24, 2.45) is 33.7 Å². The van der Waals surface area contributed by atoms with Gasteiger partial charge in [0.05, 0.1) is 61.0 Å². The number of aryl methyl sites for hydroxylation is 1. The van der Waals surface area contributed by atoms with Gasteiger partial charge < -0.3 is 30.8 Å². The van der Waals surface area contributed by atoms with Crippen LogP contribution in [0.25, 0.3) is 27.0 Å². The molecule has 6 aliphatic rings. The zero-order valence-electron chi connectivity index (χ0n) is 42.8. The molecule has 2 aliphatic carbocycles. The Morgan fingerprint density at radius 3 is 2.47 bits per heavy atom. The third kappa shape index (κ3) is 9.87. The van der Waals surface area contributed by atoms with Crippen molar-refractivity contribution in [3.8, 4) is 16.1 Å². The third-order valence-electron chi connectivity index (χ3n) is 17.7. The van der Waals surface area contributed by atoms with E-state index in [0.717, 1.165) is 117 Å². The number of nitrogens with zero attached hydrogens (tertiary/aromatic N) is 7. The molecule has 2 aromatic heterocycles. The molecular weight excluding hydrogens is 970 g/mol. The fourth-order valence-corrected chi connectivity index (χ4v) is 14.7. The van der Waals surface area contributed by atoms with Gasteiger partial charge in [-0.2, -0.15) is 10.1 Å². The van der Waals surface area contributed by atoms with E-state index in [0.29, 0.717) is 54.0 Å². The first-order valence-electron chi connectivity index (χ1n) is 27.3. The highest BCUT2D eigenvalue weighted by Crippen LogP contribution is 2.52. The molecular formula is C58H70ClN9O5S. The lowest BCUT2D eigenvalue weighted by molar-refractivity contribution is -0.141. The Balaban J connectivity index is 0.706. The minimum atomic E-state index is -0.820. The number of likely N-dealkylation sites (tertiary alicyclic amines) is 2. The minimum absolute atomic E-state index is 0.0718. The predicted octanol–water partition coefficient (Wildman–Crippen LogP) is 9.04. The van der Waals surface area contributed by atoms with Crippen LogP contribution in [0.3, 0.4) is 0 Å². The van der Waals surface area contributed by atoms with Gasteiger partial charge in [-0.25, -0.2) is 4.98 Å². The molecule has 11 rings (SSSR count). The van der Waals surface area contributed by atoms with Gasteiger partial charge in [0, 0.05) is 44.9 Å². The van der Waals surface area contributed by atoms with Crippen LogP contribution in [0, 0.1) is 24.7 Å². The Morgan fingerprint density at radius 2 is 1.76 bits per heavy atom. The summed E-state index contributed by atoms with van der Waals surface area (Å²) in [6.07, 6.45) is 14.1. The standard InChI is InChI=1S/C58H70ClN9O5S/c1-35(38-13-15-42(16-14-38)53-36(2)62-34-74-53)63-54(70)50-30-44(69)33-67(50)56(72)52(41-21-27-73-28-22-41)61-31-47(65-60)40-11-9-37(10-12-40)32-66-25-19-39(20-26-66)43-17-18-45-49(29-43)68-48-8-6-7-46(59)51(48)55(71)64-57(68)58(45)23-4-3-5-24-58/h6-8,13-18,29,31,34-35,37,39-41,44,50,52,69H,3-5,9-12,19-28,30,32-33,60H2,1-2H3,(H,63,70)/b61-31?,65-47+/t35-,37?,40?,44+,50-,52-/m0/s1. The number of nitrogens with one attached hydrogen (secondary N) is 1. The quantitative estimate of drug-likeness (QED) is 0.0624. The molecule has 0 unspecified atom stereocenters. The number of β-amino-alcohol motifs (C(OH)–C–C–N with tert-alkyl or cyclic N) is 1. The lowest BCUT2D eigenvalue weighted by Gasteiger charge is -2.37. The first-order valence-corrected chi connectivity index (χ1v) is 28.5. The number of piperidine rings is 1. The Labute approximate surface area is 442 Å². The van der Waals surface area contributed by atoms with E-state index >= 15 is 0 Å². The van der Waals surface area contributed by atoms with Crippen molar-refractivity contribution in [2.45, 2.75) is 139 Å². The van der Waals surface area contributed by atoms with Crippen LogP contribution in [0.1, 0.15) is 137 Å². The lowest BCUT2D eigenvalue weighted by Crippen LogP contribution is -2.51. The highest BCUT2D eigenvalue weighted by atomic mass is 35.5. The van der Waals surface area contributed by atoms with E-state index in [1.165, 1.54) is 23.2 Å². The largest absolute Gasteiger partial charge is 0.391 e. The molecule has 74 heavy (non-hydrogen) atoms. The van der Waals surface area contributed by atoms with Crippen LogP contribution >= 0.6 is 22.9 Å². The summed E-state index contributed by atoms with van der Waals surface area (Å²) in [5.74, 6) is 7.55. The second-order valence-electron chi connectivity index (χ2n) is 22.2. The number of carbonyl (C=O) groups excluding carboxylic acids is 2. The Morgan fingerprint density at radius 1 is 1.00 bits per heavy atom. The van der Waals surface area contributed by atoms with Gasteiger partial charge in [-0.15, -0.1) is 11.3 Å². The van der Waals surface area contributed by atoms with Gasteiger partial charge in [0.25, 0.3) is 5.56 Å². The van der Waals surface area contributed by atoms with Crippen molar-refractivity contribution in [3.63, 3.8) is 0 Å². The number of rotatable bonds is 12. The molecule has 390 valence electrons. The van der Waals surface area contributed by atoms with Gasteiger partial charge in [-0.1, -0.05) is 73.3 Å². The topological polar surface area (TPSA) is 181 Å². The number of hydrogen-bond acceptors (Lipinski definition) is 12. The van der Waals surface area contributed by atoms with Crippen molar-refractivity contribution in [1.29, 1.82) is 0 Å². The number of hydrogen-bond donors (Lipinski definition) is 3. The number of hydrazone groups is 1. The van der Waals surface area contributed by atoms with Crippen LogP contribution in [0.5, 0.6) is 0 Å². The summed E-state index contributed by atoms with van der Waals surface area (Å²) in [6.45, 7) is 8.25. The normalized spacial score (nSPS) is 24.6. The summed E-state index contributed by atoms with van der Waals surface area (Å²) >= 11 is 8.25. The van der Waals surface area contributed by atoms with E-state index in [-0.39, 0.29) is 53.6 Å². The molecule has 2 amide bonds. The lowest BCUT2D eigenvalue weighted by atomic mass is 9.69. The molecule has 1 spiro atoms. The van der Waals surface area contributed by atoms with Crippen LogP contribution in [0.15, 0.2) is 81.1 Å². The summed E-state index contributed by atoms with van der Waals surface area (Å²) < 4.78 is 7.96. The van der Waals surface area contributed by atoms with Gasteiger partial charge in [0.1, 0.15) is 17.9 Å². The molecule has 5 aromatic rings. The number of aliphatic hydroxyl groups excluding tert-OH is 1. The second kappa shape index (κ2) is 21.7. The number of halogens is 1. The number of aliphatic imine (C=N–C) groups is 1. The van der Waals surface area contributed by atoms with Crippen LogP contribution in [-0.2, 0) is 19.7 Å². The van der Waals surface area contributed by atoms with Gasteiger partial charge in [0.15, 0.2) is 0 Å². The summed E-state index contributed by atoms with van der Waals surface area (Å²) in [7, 11) is 0. The maximum absolute atomic E-state index is 14.6. The first-order chi connectivity index (χ1) is 36.0. The van der Waals surface area contributed by atoms with Gasteiger partial charge in [0.2, 0.25) is 11.8 Å². The first kappa shape index (κ1) is 50.8. The van der Waals surface area contributed by atoms with E-state index in [9.17, 15) is 19.5 Å². The molecule has 4 N–H and O–H groups in total. The highest BCUT2D eigenvalue weighted by molar-refractivity contribution is 7.13. The maximum atomic E-state index is 14.6. The van der Waals surface area contributed by atoms with Crippen LogP contribution in [-0.4, -0.2) is 111 Å². The van der Waals surface area contributed by atoms with E-state index in [1.54, 1.807) is 28.5 Å². The van der Waals surface area contributed by atoms with Crippen molar-refractivity contribution >= 4 is 57.6 Å². The molecule has 4 aliphatic heterocycles. The van der Waals surface area contributed by atoms with Gasteiger partial charge in [-0.3, -0.25) is 23.9 Å². The SMILES string of the molecule is Cc1ncsc1-c1ccc([C@H](C)NC(=O)[C@@H]2C[C@@H](O)CN2C(=O)[C@@H](N=C/C(=N\N)C2CCC(CN3CCC(c4ccc5c(c4)-n4c(nc(=O)c6c(Cl)cccc64)C54CCCCC4)CC3)CC2)C2CCOCC2)cc1. The van der Waals surface area contributed by atoms with Crippen LogP contribution in [0.4, 0.5) is 0 Å². The van der Waals surface area contributed by atoms with E-state index in [1.807, 2.05) is 55.8 Å². The van der Waals surface area contributed by atoms with E-state index in [2.05, 4.69) is 43.1 Å². The highest BCUT2D eigenvalue weighted by Gasteiger charge is 2.47. The molecule has 6 heterocycles. The second-order valence-corrected chi connectivity index (χ2v) is 23.4. The number of ether oxygens (including phenoxy) is 1. The van der Waals surface area contributed by atoms with E-state index in [4.69, 9.17) is 32.2 Å². The number of fused-ring (bicyclic) bond motifs is 7. The Hall–Kier alpha value is -5.32. The fraction of sp³-hybridized carbons (Fsp3) is 0.534. The third-order valence-corrected chi connectivity index (χ3v) is 19.0. The summed E-state index contributed by atoms with van der Waals surface area (Å²) in [4.78, 5) is 61.6. The van der Waals surface area contributed by atoms with Crippen LogP contribution < -0.4 is 16.7 Å². The zero-order chi connectivity index (χ0) is 51.1. The fourth-order valence-electron chi connectivity index (χ4n) is 13.6. The maximum Gasteiger partial charge on any atom is 0.282 e. The predicted molar refractivity (Wildman–Crippen MR) is 292 cm³/mol. The average Bonchev–Trinajstić information content (AvgIpc) is 4.12. The van der Waals surface area contributed by atoms with Crippen molar-refractivity contribution in [3.05, 3.63) is 110 Å². The molecule has 5 fully saturated rings. The molecule has 4 atom stereocenters. The summed E-state index contributed by atoms with van der Waals surface area (Å²) in [6, 6.07) is 19.1.